The van der Waals surface area contributed by atoms with Crippen LogP contribution in [0.15, 0.2) is 82.7 Å². The van der Waals surface area contributed by atoms with Crippen molar-refractivity contribution in [3.63, 3.8) is 0 Å². The van der Waals surface area contributed by atoms with Gasteiger partial charge in [0.05, 0.1) is 22.0 Å². The van der Waals surface area contributed by atoms with Gasteiger partial charge in [0.15, 0.2) is 0 Å². The molecule has 0 aliphatic heterocycles. The van der Waals surface area contributed by atoms with Crippen LogP contribution in [0.2, 0.25) is 0 Å². The molecular formula is C31H29N5O3. The molecular weight excluding hydrogens is 490 g/mol. The van der Waals surface area contributed by atoms with Crippen molar-refractivity contribution in [2.45, 2.75) is 51.5 Å². The molecule has 8 nitrogen and oxygen atoms in total. The molecule has 1 aliphatic carbocycles. The molecule has 0 amide bonds. The third kappa shape index (κ3) is 4.63. The van der Waals surface area contributed by atoms with Gasteiger partial charge in [-0.3, -0.25) is 14.9 Å². The van der Waals surface area contributed by atoms with Gasteiger partial charge < -0.3 is 4.57 Å². The molecule has 1 saturated carbocycles. The molecule has 1 fully saturated rings. The maximum atomic E-state index is 13.6. The average molecular weight is 520 g/mol. The van der Waals surface area contributed by atoms with Crippen molar-refractivity contribution >= 4 is 33.7 Å². The van der Waals surface area contributed by atoms with E-state index in [0.717, 1.165) is 59.2 Å². The highest BCUT2D eigenvalue weighted by molar-refractivity contribution is 6.01. The van der Waals surface area contributed by atoms with Gasteiger partial charge in [0.25, 0.3) is 11.2 Å². The highest BCUT2D eigenvalue weighted by Gasteiger charge is 2.23. The predicted molar refractivity (Wildman–Crippen MR) is 154 cm³/mol. The Morgan fingerprint density at radius 3 is 2.54 bits per heavy atom. The normalized spacial score (nSPS) is 14.5. The van der Waals surface area contributed by atoms with E-state index in [1.807, 2.05) is 55.5 Å². The first-order valence-electron chi connectivity index (χ1n) is 13.4. The van der Waals surface area contributed by atoms with Crippen molar-refractivity contribution in [1.29, 1.82) is 0 Å². The summed E-state index contributed by atoms with van der Waals surface area (Å²) in [7, 11) is 0. The highest BCUT2D eigenvalue weighted by Crippen LogP contribution is 2.32. The third-order valence-electron chi connectivity index (χ3n) is 7.79. The lowest BCUT2D eigenvalue weighted by Gasteiger charge is -2.22. The van der Waals surface area contributed by atoms with Crippen LogP contribution in [0.4, 0.5) is 5.69 Å². The van der Waals surface area contributed by atoms with Crippen molar-refractivity contribution in [3.05, 3.63) is 116 Å². The van der Waals surface area contributed by atoms with Crippen LogP contribution in [0.3, 0.4) is 0 Å². The number of para-hydroxylation sites is 2. The van der Waals surface area contributed by atoms with E-state index in [2.05, 4.69) is 4.57 Å². The van der Waals surface area contributed by atoms with Crippen molar-refractivity contribution in [1.82, 2.24) is 14.2 Å². The number of fused-ring (bicyclic) bond motifs is 2. The zero-order valence-corrected chi connectivity index (χ0v) is 21.8. The lowest BCUT2D eigenvalue weighted by molar-refractivity contribution is -0.384. The molecule has 8 heteroatoms. The van der Waals surface area contributed by atoms with Crippen LogP contribution >= 0.6 is 0 Å². The number of nitro groups is 1. The molecule has 0 atom stereocenters. The second-order valence-electron chi connectivity index (χ2n) is 10.2. The maximum absolute atomic E-state index is 13.6. The van der Waals surface area contributed by atoms with E-state index in [9.17, 15) is 14.9 Å². The minimum absolute atomic E-state index is 0.0711. The lowest BCUT2D eigenvalue weighted by atomic mass is 9.88. The van der Waals surface area contributed by atoms with Crippen molar-refractivity contribution in [2.24, 2.45) is 5.10 Å². The van der Waals surface area contributed by atoms with Crippen LogP contribution in [0.5, 0.6) is 0 Å². The summed E-state index contributed by atoms with van der Waals surface area (Å²) < 4.78 is 3.64. The van der Waals surface area contributed by atoms with Gasteiger partial charge in [-0.1, -0.05) is 61.7 Å². The Morgan fingerprint density at radius 1 is 1.00 bits per heavy atom. The number of nitrogens with zero attached hydrogens (tertiary/aromatic N) is 5. The Bertz CT molecular complexity index is 1790. The maximum Gasteiger partial charge on any atom is 0.282 e. The zero-order valence-electron chi connectivity index (χ0n) is 21.8. The largest absolute Gasteiger partial charge is 0.340 e. The molecule has 0 bridgehead atoms. The minimum atomic E-state index is -0.374. The van der Waals surface area contributed by atoms with E-state index >= 15 is 0 Å². The van der Waals surface area contributed by atoms with Gasteiger partial charge in [-0.25, -0.2) is 4.98 Å². The highest BCUT2D eigenvalue weighted by atomic mass is 16.6. The zero-order chi connectivity index (χ0) is 26.9. The van der Waals surface area contributed by atoms with Crippen LogP contribution in [-0.4, -0.2) is 25.4 Å². The molecule has 0 unspecified atom stereocenters. The Kier molecular flexibility index (Phi) is 6.52. The fraction of sp³-hybridized carbons (Fsp3) is 0.258. The summed E-state index contributed by atoms with van der Waals surface area (Å²) >= 11 is 0. The van der Waals surface area contributed by atoms with E-state index in [-0.39, 0.29) is 22.1 Å². The molecule has 39 heavy (non-hydrogen) atoms. The fourth-order valence-corrected chi connectivity index (χ4v) is 5.77. The van der Waals surface area contributed by atoms with E-state index in [1.54, 1.807) is 24.4 Å². The lowest BCUT2D eigenvalue weighted by Crippen LogP contribution is -2.25. The first kappa shape index (κ1) is 24.7. The fourth-order valence-electron chi connectivity index (χ4n) is 5.77. The van der Waals surface area contributed by atoms with E-state index in [1.165, 1.54) is 17.2 Å². The molecule has 2 heterocycles. The number of hydrogen-bond acceptors (Lipinski definition) is 5. The first-order chi connectivity index (χ1) is 19.0. The molecule has 2 aromatic heterocycles. The summed E-state index contributed by atoms with van der Waals surface area (Å²) in [6.07, 6.45) is 7.24. The molecule has 196 valence electrons. The van der Waals surface area contributed by atoms with Gasteiger partial charge >= 0.3 is 0 Å². The average Bonchev–Trinajstić information content (AvgIpc) is 3.23. The summed E-state index contributed by atoms with van der Waals surface area (Å²) in [6.45, 7) is 2.49. The van der Waals surface area contributed by atoms with E-state index in [4.69, 9.17) is 10.1 Å². The van der Waals surface area contributed by atoms with Crippen LogP contribution in [0.1, 0.15) is 60.7 Å². The number of nitro benzene ring substituents is 1. The van der Waals surface area contributed by atoms with Crippen molar-refractivity contribution < 1.29 is 4.92 Å². The summed E-state index contributed by atoms with van der Waals surface area (Å²) in [4.78, 5) is 29.5. The first-order valence-corrected chi connectivity index (χ1v) is 13.4. The quantitative estimate of drug-likeness (QED) is 0.144. The topological polar surface area (TPSA) is 95.3 Å². The molecule has 1 aliphatic rings. The molecule has 3 aromatic carbocycles. The number of rotatable bonds is 6. The number of benzene rings is 3. The van der Waals surface area contributed by atoms with Crippen LogP contribution in [0.25, 0.3) is 21.8 Å². The molecule has 0 N–H and O–H groups in total. The van der Waals surface area contributed by atoms with E-state index < -0.39 is 0 Å². The monoisotopic (exact) mass is 519 g/mol. The minimum Gasteiger partial charge on any atom is -0.340 e. The molecule has 0 saturated heterocycles. The van der Waals surface area contributed by atoms with Crippen molar-refractivity contribution in [2.75, 3.05) is 0 Å². The van der Waals surface area contributed by atoms with Gasteiger partial charge in [-0.05, 0) is 43.5 Å². The number of aromatic nitrogens is 3. The van der Waals surface area contributed by atoms with Gasteiger partial charge in [0, 0.05) is 46.8 Å². The SMILES string of the molecule is Cc1c(C=Nn2c(C3CCCCC3)nc3ccccc3c2=O)c2ccccc2n1Cc1cccc([N+](=O)[O-])c1. The summed E-state index contributed by atoms with van der Waals surface area (Å²) in [5.74, 6) is 0.928. The van der Waals surface area contributed by atoms with Gasteiger partial charge in [0.2, 0.25) is 0 Å². The smallest absolute Gasteiger partial charge is 0.282 e. The van der Waals surface area contributed by atoms with Gasteiger partial charge in [0.1, 0.15) is 5.82 Å². The molecule has 6 rings (SSSR count). The predicted octanol–water partition coefficient (Wildman–Crippen LogP) is 6.55. The number of non-ortho nitro benzene ring substituents is 1. The molecule has 5 aromatic rings. The van der Waals surface area contributed by atoms with Crippen LogP contribution in [0, 0.1) is 17.0 Å². The van der Waals surface area contributed by atoms with Gasteiger partial charge in [-0.2, -0.15) is 9.78 Å². The van der Waals surface area contributed by atoms with Crippen LogP contribution < -0.4 is 5.56 Å². The van der Waals surface area contributed by atoms with E-state index in [0.29, 0.717) is 17.4 Å². The second kappa shape index (κ2) is 10.3. The van der Waals surface area contributed by atoms with Crippen molar-refractivity contribution in [3.8, 4) is 0 Å². The summed E-state index contributed by atoms with van der Waals surface area (Å²) in [5, 5.41) is 17.7. The third-order valence-corrected chi connectivity index (χ3v) is 7.79. The summed E-state index contributed by atoms with van der Waals surface area (Å²) in [5.41, 5.74) is 4.33. The molecule has 0 spiro atoms. The standard InChI is InChI=1S/C31H29N5O3/c1-21-27(25-14-6-8-17-29(25)34(21)20-22-10-9-13-24(18-22)36(38)39)19-32-35-30(23-11-3-2-4-12-23)33-28-16-7-5-15-26(28)31(35)37/h5-10,13-19,23H,2-4,11-12,20H2,1H3. The van der Waals surface area contributed by atoms with Gasteiger partial charge in [-0.15, -0.1) is 0 Å². The Hall–Kier alpha value is -4.59. The molecule has 0 radical (unpaired) electrons. The number of hydrogen-bond donors (Lipinski definition) is 0. The Labute approximate surface area is 225 Å². The summed E-state index contributed by atoms with van der Waals surface area (Å²) in [6, 6.07) is 22.2. The van der Waals surface area contributed by atoms with Crippen LogP contribution in [-0.2, 0) is 6.54 Å². The Morgan fingerprint density at radius 2 is 1.74 bits per heavy atom. The Balaban J connectivity index is 1.47. The second-order valence-corrected chi connectivity index (χ2v) is 10.2.